The first-order chi connectivity index (χ1) is 7.13. The summed E-state index contributed by atoms with van der Waals surface area (Å²) in [6.07, 6.45) is 2.54. The molecule has 5 heteroatoms. The lowest BCUT2D eigenvalue weighted by Gasteiger charge is -2.31. The van der Waals surface area contributed by atoms with E-state index in [1.807, 2.05) is 6.07 Å². The van der Waals surface area contributed by atoms with E-state index in [1.165, 1.54) is 0 Å². The molecule has 4 N–H and O–H groups in total. The quantitative estimate of drug-likeness (QED) is 0.649. The first-order valence-corrected chi connectivity index (χ1v) is 5.30. The van der Waals surface area contributed by atoms with Crippen molar-refractivity contribution in [1.29, 1.82) is 5.26 Å². The molecule has 1 amide bonds. The monoisotopic (exact) mass is 210 g/mol. The molecule has 1 heterocycles. The number of carbonyl (C=O) groups excluding carboxylic acids is 1. The Balaban J connectivity index is 2.31. The summed E-state index contributed by atoms with van der Waals surface area (Å²) in [6, 6.07) is 1.59. The number of nitriles is 1. The number of hydrogen-bond donors (Lipinski definition) is 2. The molecule has 15 heavy (non-hydrogen) atoms. The van der Waals surface area contributed by atoms with E-state index >= 15 is 0 Å². The van der Waals surface area contributed by atoms with Crippen LogP contribution in [0.2, 0.25) is 0 Å². The van der Waals surface area contributed by atoms with Gasteiger partial charge in [-0.25, -0.2) is 0 Å². The molecule has 1 aliphatic heterocycles. The molecule has 2 unspecified atom stereocenters. The number of piperidine rings is 1. The molecule has 0 radical (unpaired) electrons. The third-order valence-corrected chi connectivity index (χ3v) is 2.83. The van der Waals surface area contributed by atoms with Crippen molar-refractivity contribution in [2.45, 2.75) is 25.3 Å². The number of rotatable bonds is 4. The van der Waals surface area contributed by atoms with Gasteiger partial charge in [0, 0.05) is 13.1 Å². The van der Waals surface area contributed by atoms with E-state index in [0.717, 1.165) is 25.9 Å². The Kier molecular flexibility index (Phi) is 4.53. The van der Waals surface area contributed by atoms with E-state index in [4.69, 9.17) is 16.7 Å². The van der Waals surface area contributed by atoms with Gasteiger partial charge in [-0.05, 0) is 25.8 Å². The molecule has 0 aromatic rings. The first kappa shape index (κ1) is 12.0. The summed E-state index contributed by atoms with van der Waals surface area (Å²) in [5.74, 6) is -0.249. The summed E-state index contributed by atoms with van der Waals surface area (Å²) in [6.45, 7) is 2.47. The molecule has 1 rings (SSSR count). The van der Waals surface area contributed by atoms with E-state index < -0.39 is 6.04 Å². The molecule has 0 aliphatic carbocycles. The molecule has 0 saturated carbocycles. The molecule has 1 aliphatic rings. The standard InChI is InChI=1S/C10H18N4O/c11-6-9(12)3-5-14-4-1-2-8(7-14)10(13)15/h8-9H,1-5,7,12H2,(H2,13,15). The fourth-order valence-corrected chi connectivity index (χ4v) is 1.88. The number of nitrogens with two attached hydrogens (primary N) is 2. The van der Waals surface area contributed by atoms with Gasteiger partial charge in [0.05, 0.1) is 18.0 Å². The van der Waals surface area contributed by atoms with Crippen molar-refractivity contribution in [3.63, 3.8) is 0 Å². The van der Waals surface area contributed by atoms with Crippen LogP contribution >= 0.6 is 0 Å². The van der Waals surface area contributed by atoms with Crippen LogP contribution in [0, 0.1) is 17.2 Å². The maximum absolute atomic E-state index is 11.0. The highest BCUT2D eigenvalue weighted by Crippen LogP contribution is 2.16. The van der Waals surface area contributed by atoms with Gasteiger partial charge in [0.1, 0.15) is 0 Å². The van der Waals surface area contributed by atoms with E-state index in [2.05, 4.69) is 4.90 Å². The van der Waals surface area contributed by atoms with Gasteiger partial charge in [-0.2, -0.15) is 5.26 Å². The molecule has 0 spiro atoms. The molecule has 2 atom stereocenters. The maximum Gasteiger partial charge on any atom is 0.221 e. The molecule has 1 fully saturated rings. The Morgan fingerprint density at radius 1 is 1.67 bits per heavy atom. The van der Waals surface area contributed by atoms with Crippen molar-refractivity contribution in [2.24, 2.45) is 17.4 Å². The van der Waals surface area contributed by atoms with Crippen LogP contribution in [0.5, 0.6) is 0 Å². The molecule has 84 valence electrons. The SMILES string of the molecule is N#CC(N)CCN1CCCC(C(N)=O)C1. The molecule has 0 bridgehead atoms. The zero-order valence-electron chi connectivity index (χ0n) is 8.85. The van der Waals surface area contributed by atoms with E-state index in [-0.39, 0.29) is 11.8 Å². The van der Waals surface area contributed by atoms with Gasteiger partial charge in [-0.15, -0.1) is 0 Å². The van der Waals surface area contributed by atoms with Crippen LogP contribution in [0.25, 0.3) is 0 Å². The highest BCUT2D eigenvalue weighted by molar-refractivity contribution is 5.76. The highest BCUT2D eigenvalue weighted by atomic mass is 16.1. The number of hydrogen-bond acceptors (Lipinski definition) is 4. The number of carbonyl (C=O) groups is 1. The van der Waals surface area contributed by atoms with Crippen LogP contribution < -0.4 is 11.5 Å². The predicted molar refractivity (Wildman–Crippen MR) is 56.6 cm³/mol. The van der Waals surface area contributed by atoms with E-state index in [1.54, 1.807) is 0 Å². The summed E-state index contributed by atoms with van der Waals surface area (Å²) in [4.78, 5) is 13.2. The second kappa shape index (κ2) is 5.69. The average molecular weight is 210 g/mol. The van der Waals surface area contributed by atoms with Crippen LogP contribution in [0.3, 0.4) is 0 Å². The molecular formula is C10H18N4O. The van der Waals surface area contributed by atoms with Crippen LogP contribution in [0.1, 0.15) is 19.3 Å². The topological polar surface area (TPSA) is 96.1 Å². The van der Waals surface area contributed by atoms with Gasteiger partial charge in [-0.3, -0.25) is 4.79 Å². The Bertz CT molecular complexity index is 261. The number of primary amides is 1. The van der Waals surface area contributed by atoms with Crippen molar-refractivity contribution in [3.05, 3.63) is 0 Å². The summed E-state index contributed by atoms with van der Waals surface area (Å²) in [5.41, 5.74) is 10.8. The second-order valence-electron chi connectivity index (χ2n) is 4.07. The third kappa shape index (κ3) is 3.86. The van der Waals surface area contributed by atoms with Crippen molar-refractivity contribution < 1.29 is 4.79 Å². The zero-order valence-corrected chi connectivity index (χ0v) is 8.85. The third-order valence-electron chi connectivity index (χ3n) is 2.83. The molecular weight excluding hydrogens is 192 g/mol. The lowest BCUT2D eigenvalue weighted by molar-refractivity contribution is -0.123. The second-order valence-corrected chi connectivity index (χ2v) is 4.07. The Labute approximate surface area is 90.0 Å². The fraction of sp³-hybridized carbons (Fsp3) is 0.800. The van der Waals surface area contributed by atoms with Crippen LogP contribution in [-0.4, -0.2) is 36.5 Å². The van der Waals surface area contributed by atoms with Gasteiger partial charge in [0.15, 0.2) is 0 Å². The lowest BCUT2D eigenvalue weighted by Crippen LogP contribution is -2.42. The number of nitrogens with zero attached hydrogens (tertiary/aromatic N) is 2. The van der Waals surface area contributed by atoms with Crippen molar-refractivity contribution >= 4 is 5.91 Å². The smallest absolute Gasteiger partial charge is 0.221 e. The highest BCUT2D eigenvalue weighted by Gasteiger charge is 2.23. The minimum atomic E-state index is -0.404. The van der Waals surface area contributed by atoms with Crippen LogP contribution in [0.15, 0.2) is 0 Å². The molecule has 0 aromatic carbocycles. The minimum Gasteiger partial charge on any atom is -0.369 e. The van der Waals surface area contributed by atoms with Gasteiger partial charge in [0.25, 0.3) is 0 Å². The fourth-order valence-electron chi connectivity index (χ4n) is 1.88. The van der Waals surface area contributed by atoms with Gasteiger partial charge in [-0.1, -0.05) is 0 Å². The molecule has 5 nitrogen and oxygen atoms in total. The molecule has 0 aromatic heterocycles. The van der Waals surface area contributed by atoms with Gasteiger partial charge >= 0.3 is 0 Å². The average Bonchev–Trinajstić information content (AvgIpc) is 2.26. The summed E-state index contributed by atoms with van der Waals surface area (Å²) in [7, 11) is 0. The normalized spacial score (nSPS) is 24.4. The Hall–Kier alpha value is -1.12. The predicted octanol–water partition coefficient (Wildman–Crippen LogP) is -0.575. The zero-order chi connectivity index (χ0) is 11.3. The largest absolute Gasteiger partial charge is 0.369 e. The number of amides is 1. The van der Waals surface area contributed by atoms with E-state index in [9.17, 15) is 4.79 Å². The van der Waals surface area contributed by atoms with Crippen LogP contribution in [-0.2, 0) is 4.79 Å². The first-order valence-electron chi connectivity index (χ1n) is 5.30. The van der Waals surface area contributed by atoms with Gasteiger partial charge < -0.3 is 16.4 Å². The van der Waals surface area contributed by atoms with E-state index in [0.29, 0.717) is 13.0 Å². The lowest BCUT2D eigenvalue weighted by atomic mass is 9.97. The summed E-state index contributed by atoms with van der Waals surface area (Å²) < 4.78 is 0. The van der Waals surface area contributed by atoms with Crippen molar-refractivity contribution in [2.75, 3.05) is 19.6 Å². The van der Waals surface area contributed by atoms with Crippen molar-refractivity contribution in [3.8, 4) is 6.07 Å². The Morgan fingerprint density at radius 3 is 3.00 bits per heavy atom. The van der Waals surface area contributed by atoms with Crippen molar-refractivity contribution in [1.82, 2.24) is 4.90 Å². The summed E-state index contributed by atoms with van der Waals surface area (Å²) in [5, 5.41) is 8.54. The summed E-state index contributed by atoms with van der Waals surface area (Å²) >= 11 is 0. The maximum atomic E-state index is 11.0. The van der Waals surface area contributed by atoms with Gasteiger partial charge in [0.2, 0.25) is 5.91 Å². The van der Waals surface area contributed by atoms with Crippen LogP contribution in [0.4, 0.5) is 0 Å². The number of likely N-dealkylation sites (tertiary alicyclic amines) is 1. The minimum absolute atomic E-state index is 0.0305. The molecule has 1 saturated heterocycles. The Morgan fingerprint density at radius 2 is 2.40 bits per heavy atom.